The first kappa shape index (κ1) is 13.6. The van der Waals surface area contributed by atoms with Gasteiger partial charge in [-0.1, -0.05) is 11.4 Å². The minimum atomic E-state index is -4.27. The molecule has 0 bridgehead atoms. The molecule has 10 heavy (non-hydrogen) atoms. The molecule has 0 aromatic carbocycles. The van der Waals surface area contributed by atoms with E-state index < -0.39 is 6.80 Å². The normalized spacial score (nSPS) is 15.0. The van der Waals surface area contributed by atoms with Gasteiger partial charge in [0.2, 0.25) is 0 Å². The maximum Gasteiger partial charge on any atom is 1.00 e. The molecule has 5 nitrogen and oxygen atoms in total. The van der Waals surface area contributed by atoms with Gasteiger partial charge in [0.1, 0.15) is 5.84 Å². The molecule has 0 saturated heterocycles. The molecule has 0 aliphatic heterocycles. The molecule has 0 rings (SSSR count). The van der Waals surface area contributed by atoms with Crippen LogP contribution in [0.15, 0.2) is 0 Å². The van der Waals surface area contributed by atoms with Crippen molar-refractivity contribution in [3.63, 3.8) is 0 Å². The van der Waals surface area contributed by atoms with Crippen LogP contribution in [0.3, 0.4) is 0 Å². The third-order valence-electron chi connectivity index (χ3n) is 0.383. The number of nitrogens with one attached hydrogen (secondary N) is 1. The Balaban J connectivity index is 0. The van der Waals surface area contributed by atoms with Crippen LogP contribution in [-0.4, -0.2) is 16.5 Å². The number of hydrogen-bond acceptors (Lipinski definition) is 4. The monoisotopic (exact) mass is 192 g/mol. The summed E-state index contributed by atoms with van der Waals surface area (Å²) in [7, 11) is 0. The zero-order chi connectivity index (χ0) is 7.49. The second-order valence-electron chi connectivity index (χ2n) is 1.27. The summed E-state index contributed by atoms with van der Waals surface area (Å²) in [6.45, 7) is -4.27. The fraction of sp³-hybridized carbons (Fsp3) is 0.500. The van der Waals surface area contributed by atoms with Crippen molar-refractivity contribution in [2.75, 3.05) is 5.75 Å². The predicted molar refractivity (Wildman–Crippen MR) is 34.2 cm³/mol. The van der Waals surface area contributed by atoms with Gasteiger partial charge < -0.3 is 15.5 Å². The van der Waals surface area contributed by atoms with Gasteiger partial charge in [0, 0.05) is 0 Å². The van der Waals surface area contributed by atoms with Gasteiger partial charge in [0.15, 0.2) is 6.80 Å². The molecule has 8 heteroatoms. The van der Waals surface area contributed by atoms with Gasteiger partial charge in [-0.2, -0.15) is 0 Å². The Bertz CT molecular complexity index is 159. The topological polar surface area (TPSA) is 110 Å². The summed E-state index contributed by atoms with van der Waals surface area (Å²) in [5.41, 5.74) is 4.79. The van der Waals surface area contributed by atoms with Crippen molar-refractivity contribution in [1.82, 2.24) is 0 Å². The van der Waals surface area contributed by atoms with Crippen molar-refractivity contribution >= 4 is 24.0 Å². The summed E-state index contributed by atoms with van der Waals surface area (Å²) in [6, 6.07) is 0. The summed E-state index contributed by atoms with van der Waals surface area (Å²) in [6.07, 6.45) is 0. The number of nitrogens with two attached hydrogens (primary N) is 1. The van der Waals surface area contributed by atoms with Crippen molar-refractivity contribution in [2.45, 2.75) is 0 Å². The molecule has 4 N–H and O–H groups in total. The molecule has 0 aromatic rings. The van der Waals surface area contributed by atoms with E-state index in [-0.39, 0.29) is 52.5 Å². The molecular weight excluding hydrogens is 186 g/mol. The average Bonchev–Trinajstić information content (AvgIpc) is 1.59. The molecule has 1 atom stereocenters. The maximum atomic E-state index is 9.93. The zero-order valence-electron chi connectivity index (χ0n) is 5.40. The molecule has 0 aliphatic rings. The van der Waals surface area contributed by atoms with E-state index in [2.05, 4.69) is 0 Å². The van der Waals surface area contributed by atoms with Crippen LogP contribution < -0.4 is 40.2 Å². The molecule has 0 aliphatic carbocycles. The number of amidine groups is 1. The summed E-state index contributed by atoms with van der Waals surface area (Å²) < 4.78 is 9.93. The summed E-state index contributed by atoms with van der Waals surface area (Å²) >= 11 is 0.248. The van der Waals surface area contributed by atoms with E-state index in [9.17, 15) is 9.46 Å². The average molecular weight is 192 g/mol. The van der Waals surface area contributed by atoms with E-state index in [0.29, 0.717) is 0 Å². The largest absolute Gasteiger partial charge is 1.00 e. The Morgan fingerprint density at radius 2 is 2.30 bits per heavy atom. The van der Waals surface area contributed by atoms with Crippen LogP contribution in [0.5, 0.6) is 0 Å². The van der Waals surface area contributed by atoms with Crippen LogP contribution in [0, 0.1) is 5.41 Å². The van der Waals surface area contributed by atoms with E-state index in [4.69, 9.17) is 16.0 Å². The third kappa shape index (κ3) is 11.7. The number of rotatable bonds is 3. The van der Waals surface area contributed by atoms with Crippen molar-refractivity contribution in [1.29, 1.82) is 5.41 Å². The van der Waals surface area contributed by atoms with Crippen molar-refractivity contribution in [2.24, 2.45) is 5.73 Å². The molecule has 0 amide bonds. The molecule has 0 aromatic heterocycles. The second-order valence-corrected chi connectivity index (χ2v) is 4.91. The van der Waals surface area contributed by atoms with Gasteiger partial charge in [-0.25, -0.2) is 0 Å². The quantitative estimate of drug-likeness (QED) is 0.183. The van der Waals surface area contributed by atoms with Crippen molar-refractivity contribution in [3.8, 4) is 0 Å². The fourth-order valence-electron chi connectivity index (χ4n) is 0.151. The Morgan fingerprint density at radius 1 is 1.90 bits per heavy atom. The van der Waals surface area contributed by atoms with Gasteiger partial charge in [-0.15, -0.1) is 0 Å². The first-order valence-electron chi connectivity index (χ1n) is 1.93. The smallest absolute Gasteiger partial charge is 0.770 e. The molecule has 0 saturated carbocycles. The zero-order valence-corrected chi connectivity index (χ0v) is 9.11. The van der Waals surface area contributed by atoms with Crippen LogP contribution in [0.4, 0.5) is 0 Å². The second kappa shape index (κ2) is 5.60. The van der Waals surface area contributed by atoms with E-state index in [1.807, 2.05) is 0 Å². The van der Waals surface area contributed by atoms with Crippen LogP contribution in [0.2, 0.25) is 0 Å². The minimum Gasteiger partial charge on any atom is -0.770 e. The Hall–Kier alpha value is 0.970. The van der Waals surface area contributed by atoms with E-state index in [0.717, 1.165) is 0 Å². The van der Waals surface area contributed by atoms with Crippen molar-refractivity contribution in [3.05, 3.63) is 0 Å². The van der Waals surface area contributed by atoms with E-state index in [1.165, 1.54) is 0 Å². The minimum absolute atomic E-state index is 0. The molecule has 0 spiro atoms. The van der Waals surface area contributed by atoms with Crippen LogP contribution in [-0.2, 0) is 4.57 Å². The van der Waals surface area contributed by atoms with Gasteiger partial charge in [0.25, 0.3) is 0 Å². The SMILES string of the molecule is N=C(N)CSP(=O)([O-])O.[Na+]. The van der Waals surface area contributed by atoms with Crippen LogP contribution >= 0.6 is 18.2 Å². The maximum absolute atomic E-state index is 9.93. The van der Waals surface area contributed by atoms with Crippen molar-refractivity contribution < 1.29 is 43.9 Å². The Morgan fingerprint density at radius 3 is 2.40 bits per heavy atom. The summed E-state index contributed by atoms with van der Waals surface area (Å²) in [4.78, 5) is 18.0. The summed E-state index contributed by atoms with van der Waals surface area (Å²) in [5.74, 6) is -0.456. The predicted octanol–water partition coefficient (Wildman–Crippen LogP) is -3.88. The van der Waals surface area contributed by atoms with Gasteiger partial charge in [-0.3, -0.25) is 9.97 Å². The van der Waals surface area contributed by atoms with E-state index >= 15 is 0 Å². The first-order chi connectivity index (χ1) is 3.92. The van der Waals surface area contributed by atoms with E-state index in [1.54, 1.807) is 0 Å². The Labute approximate surface area is 84.5 Å². The molecule has 0 heterocycles. The standard InChI is InChI=1S/C2H7N2O3PS.Na/c3-2(4)1-9-8(5,6)7;/h1H2,(H3,3,4)(H2,5,6,7);/q;+1/p-1. The Kier molecular flexibility index (Phi) is 7.59. The fourth-order valence-corrected chi connectivity index (χ4v) is 1.36. The summed E-state index contributed by atoms with van der Waals surface area (Å²) in [5, 5.41) is 6.56. The van der Waals surface area contributed by atoms with Gasteiger partial charge in [0.05, 0.1) is 5.75 Å². The van der Waals surface area contributed by atoms with Gasteiger partial charge in [-0.05, 0) is 0 Å². The molecule has 0 radical (unpaired) electrons. The van der Waals surface area contributed by atoms with Gasteiger partial charge >= 0.3 is 29.6 Å². The molecule has 1 unspecified atom stereocenters. The van der Waals surface area contributed by atoms with Crippen LogP contribution in [0.25, 0.3) is 0 Å². The molecule has 54 valence electrons. The molecular formula is C2H6N2NaO3PS. The number of hydrogen-bond donors (Lipinski definition) is 3. The first-order valence-corrected chi connectivity index (χ1v) is 5.10. The molecule has 0 fully saturated rings. The third-order valence-corrected chi connectivity index (χ3v) is 2.52. The van der Waals surface area contributed by atoms with Crippen LogP contribution in [0.1, 0.15) is 0 Å².